The quantitative estimate of drug-likeness (QED) is 0.865. The zero-order valence-electron chi connectivity index (χ0n) is 11.3. The van der Waals surface area contributed by atoms with E-state index >= 15 is 0 Å². The number of nitrogens with one attached hydrogen (secondary N) is 2. The minimum atomic E-state index is -0.122. The molecule has 0 bridgehead atoms. The molecule has 1 amide bonds. The highest BCUT2D eigenvalue weighted by Crippen LogP contribution is 2.30. The summed E-state index contributed by atoms with van der Waals surface area (Å²) in [7, 11) is 0. The van der Waals surface area contributed by atoms with Crippen molar-refractivity contribution in [1.82, 2.24) is 10.6 Å². The van der Waals surface area contributed by atoms with E-state index in [-0.39, 0.29) is 23.4 Å². The van der Waals surface area contributed by atoms with Gasteiger partial charge in [0.15, 0.2) is 0 Å². The molecule has 1 fully saturated rings. The maximum absolute atomic E-state index is 12.3. The average molecular weight is 250 g/mol. The van der Waals surface area contributed by atoms with Gasteiger partial charge in [0.2, 0.25) is 5.91 Å². The third-order valence-electron chi connectivity index (χ3n) is 3.72. The first-order valence-corrected chi connectivity index (χ1v) is 6.58. The Kier molecular flexibility index (Phi) is 3.76. The van der Waals surface area contributed by atoms with Crippen molar-refractivity contribution in [1.29, 1.82) is 0 Å². The fourth-order valence-corrected chi connectivity index (χ4v) is 2.56. The lowest BCUT2D eigenvalue weighted by Gasteiger charge is -2.38. The highest BCUT2D eigenvalue weighted by Gasteiger charge is 2.37. The number of carbonyl (C=O) groups is 1. The van der Waals surface area contributed by atoms with Crippen molar-refractivity contribution in [3.05, 3.63) is 24.2 Å². The van der Waals surface area contributed by atoms with Gasteiger partial charge in [0.25, 0.3) is 0 Å². The Bertz CT molecular complexity index is 398. The summed E-state index contributed by atoms with van der Waals surface area (Å²) in [5.41, 5.74) is 0.00518. The van der Waals surface area contributed by atoms with Crippen molar-refractivity contribution < 1.29 is 9.21 Å². The second-order valence-corrected chi connectivity index (χ2v) is 5.72. The van der Waals surface area contributed by atoms with Crippen LogP contribution >= 0.6 is 0 Å². The summed E-state index contributed by atoms with van der Waals surface area (Å²) in [5.74, 6) is 0.848. The van der Waals surface area contributed by atoms with Gasteiger partial charge in [0, 0.05) is 0 Å². The molecular weight excluding hydrogens is 228 g/mol. The van der Waals surface area contributed by atoms with Gasteiger partial charge in [-0.05, 0) is 43.9 Å². The van der Waals surface area contributed by atoms with Crippen LogP contribution in [-0.4, -0.2) is 18.5 Å². The first kappa shape index (κ1) is 13.1. The van der Waals surface area contributed by atoms with Crippen LogP contribution in [0.25, 0.3) is 0 Å². The van der Waals surface area contributed by atoms with Crippen molar-refractivity contribution in [3.63, 3.8) is 0 Å². The first-order valence-electron chi connectivity index (χ1n) is 6.58. The second kappa shape index (κ2) is 5.14. The minimum absolute atomic E-state index is 0.00518. The Balaban J connectivity index is 1.99. The van der Waals surface area contributed by atoms with E-state index in [9.17, 15) is 4.79 Å². The van der Waals surface area contributed by atoms with Gasteiger partial charge < -0.3 is 15.1 Å². The highest BCUT2D eigenvalue weighted by atomic mass is 16.3. The zero-order chi connectivity index (χ0) is 13.2. The normalized spacial score (nSPS) is 24.5. The predicted octanol–water partition coefficient (Wildman–Crippen LogP) is 2.24. The third kappa shape index (κ3) is 2.75. The summed E-state index contributed by atoms with van der Waals surface area (Å²) in [5, 5.41) is 6.33. The Morgan fingerprint density at radius 1 is 1.61 bits per heavy atom. The van der Waals surface area contributed by atoms with E-state index < -0.39 is 0 Å². The summed E-state index contributed by atoms with van der Waals surface area (Å²) in [6.45, 7) is 7.13. The Hall–Kier alpha value is -1.29. The molecule has 1 saturated heterocycles. The topological polar surface area (TPSA) is 54.3 Å². The monoisotopic (exact) mass is 250 g/mol. The van der Waals surface area contributed by atoms with E-state index in [1.807, 2.05) is 19.1 Å². The molecule has 2 heterocycles. The molecule has 1 aromatic heterocycles. The van der Waals surface area contributed by atoms with E-state index in [0.29, 0.717) is 0 Å². The van der Waals surface area contributed by atoms with Gasteiger partial charge in [-0.25, -0.2) is 0 Å². The maximum Gasteiger partial charge on any atom is 0.238 e. The van der Waals surface area contributed by atoms with E-state index in [4.69, 9.17) is 4.42 Å². The fraction of sp³-hybridized carbons (Fsp3) is 0.643. The number of amides is 1. The van der Waals surface area contributed by atoms with Crippen LogP contribution in [0.5, 0.6) is 0 Å². The lowest BCUT2D eigenvalue weighted by atomic mass is 9.77. The summed E-state index contributed by atoms with van der Waals surface area (Å²) in [4.78, 5) is 12.3. The molecule has 2 atom stereocenters. The first-order chi connectivity index (χ1) is 8.50. The molecular formula is C14H22N2O2. The van der Waals surface area contributed by atoms with E-state index in [1.54, 1.807) is 6.26 Å². The molecule has 2 rings (SSSR count). The van der Waals surface area contributed by atoms with Gasteiger partial charge in [0.05, 0.1) is 18.3 Å². The van der Waals surface area contributed by atoms with Crippen molar-refractivity contribution in [2.75, 3.05) is 6.54 Å². The van der Waals surface area contributed by atoms with Gasteiger partial charge in [-0.3, -0.25) is 4.79 Å². The molecule has 0 saturated carbocycles. The zero-order valence-corrected chi connectivity index (χ0v) is 11.3. The molecule has 4 heteroatoms. The molecule has 0 aliphatic carbocycles. The second-order valence-electron chi connectivity index (χ2n) is 5.72. The minimum Gasteiger partial charge on any atom is -0.467 e. The number of hydrogen-bond donors (Lipinski definition) is 2. The molecule has 0 aromatic carbocycles. The predicted molar refractivity (Wildman–Crippen MR) is 70.1 cm³/mol. The standard InChI is InChI=1S/C14H22N2O2/c1-10(11-6-4-9-18-11)16-13(17)12-14(2,3)7-5-8-15-12/h4,6,9-10,12,15H,5,7-8H2,1-3H3,(H,16,17)/t10-,12?/m1/s1. The smallest absolute Gasteiger partial charge is 0.238 e. The van der Waals surface area contributed by atoms with Crippen LogP contribution < -0.4 is 10.6 Å². The molecule has 100 valence electrons. The number of rotatable bonds is 3. The molecule has 1 aliphatic heterocycles. The Morgan fingerprint density at radius 3 is 3.00 bits per heavy atom. The molecule has 1 unspecified atom stereocenters. The molecule has 18 heavy (non-hydrogen) atoms. The Morgan fingerprint density at radius 2 is 2.39 bits per heavy atom. The average Bonchev–Trinajstić information content (AvgIpc) is 2.81. The van der Waals surface area contributed by atoms with Crippen molar-refractivity contribution in [2.24, 2.45) is 5.41 Å². The summed E-state index contributed by atoms with van der Waals surface area (Å²) < 4.78 is 5.30. The van der Waals surface area contributed by atoms with Crippen LogP contribution in [0.3, 0.4) is 0 Å². The number of piperidine rings is 1. The van der Waals surface area contributed by atoms with Crippen molar-refractivity contribution in [2.45, 2.75) is 45.7 Å². The van der Waals surface area contributed by atoms with Gasteiger partial charge in [-0.1, -0.05) is 13.8 Å². The van der Waals surface area contributed by atoms with E-state index in [0.717, 1.165) is 25.1 Å². The lowest BCUT2D eigenvalue weighted by Crippen LogP contribution is -2.55. The molecule has 2 N–H and O–H groups in total. The van der Waals surface area contributed by atoms with Crippen LogP contribution in [-0.2, 0) is 4.79 Å². The SMILES string of the molecule is C[C@@H](NC(=O)C1NCCCC1(C)C)c1ccco1. The molecule has 1 aromatic rings. The van der Waals surface area contributed by atoms with Crippen LogP contribution in [0.1, 0.15) is 45.4 Å². The van der Waals surface area contributed by atoms with Crippen LogP contribution in [0.4, 0.5) is 0 Å². The van der Waals surface area contributed by atoms with Gasteiger partial charge in [-0.2, -0.15) is 0 Å². The van der Waals surface area contributed by atoms with Gasteiger partial charge >= 0.3 is 0 Å². The summed E-state index contributed by atoms with van der Waals surface area (Å²) in [6.07, 6.45) is 3.83. The van der Waals surface area contributed by atoms with E-state index in [2.05, 4.69) is 24.5 Å². The van der Waals surface area contributed by atoms with Crippen LogP contribution in [0.2, 0.25) is 0 Å². The van der Waals surface area contributed by atoms with Crippen molar-refractivity contribution >= 4 is 5.91 Å². The molecule has 4 nitrogen and oxygen atoms in total. The number of furan rings is 1. The number of hydrogen-bond acceptors (Lipinski definition) is 3. The number of carbonyl (C=O) groups excluding carboxylic acids is 1. The van der Waals surface area contributed by atoms with Crippen LogP contribution in [0.15, 0.2) is 22.8 Å². The summed E-state index contributed by atoms with van der Waals surface area (Å²) in [6, 6.07) is 3.50. The van der Waals surface area contributed by atoms with Crippen LogP contribution in [0, 0.1) is 5.41 Å². The van der Waals surface area contributed by atoms with Gasteiger partial charge in [0.1, 0.15) is 5.76 Å². The van der Waals surface area contributed by atoms with Crippen molar-refractivity contribution in [3.8, 4) is 0 Å². The lowest BCUT2D eigenvalue weighted by molar-refractivity contribution is -0.127. The van der Waals surface area contributed by atoms with Gasteiger partial charge in [-0.15, -0.1) is 0 Å². The highest BCUT2D eigenvalue weighted by molar-refractivity contribution is 5.83. The summed E-state index contributed by atoms with van der Waals surface area (Å²) >= 11 is 0. The molecule has 0 spiro atoms. The Labute approximate surface area is 108 Å². The molecule has 0 radical (unpaired) electrons. The largest absolute Gasteiger partial charge is 0.467 e. The maximum atomic E-state index is 12.3. The van der Waals surface area contributed by atoms with E-state index in [1.165, 1.54) is 0 Å². The third-order valence-corrected chi connectivity index (χ3v) is 3.72. The fourth-order valence-electron chi connectivity index (χ4n) is 2.56. The molecule has 1 aliphatic rings.